The summed E-state index contributed by atoms with van der Waals surface area (Å²) in [4.78, 5) is 30.5. The highest BCUT2D eigenvalue weighted by Crippen LogP contribution is 2.43. The van der Waals surface area contributed by atoms with Gasteiger partial charge >= 0.3 is 0 Å². The molecule has 6 nitrogen and oxygen atoms in total. The summed E-state index contributed by atoms with van der Waals surface area (Å²) in [6.45, 7) is 1.92. The Labute approximate surface area is 197 Å². The van der Waals surface area contributed by atoms with Crippen LogP contribution in [-0.2, 0) is 4.79 Å². The molecule has 0 aliphatic carbocycles. The zero-order valence-corrected chi connectivity index (χ0v) is 19.1. The van der Waals surface area contributed by atoms with Gasteiger partial charge in [-0.15, -0.1) is 0 Å². The molecule has 0 bridgehead atoms. The molecule has 0 fully saturated rings. The number of benzene rings is 3. The first-order chi connectivity index (χ1) is 16.4. The fraction of sp³-hybridized carbons (Fsp3) is 0.143. The Bertz CT molecular complexity index is 1410. The summed E-state index contributed by atoms with van der Waals surface area (Å²) in [5, 5.41) is 11.8. The van der Waals surface area contributed by atoms with E-state index in [9.17, 15) is 14.7 Å². The van der Waals surface area contributed by atoms with Gasteiger partial charge < -0.3 is 14.4 Å². The number of amides is 1. The Kier molecular flexibility index (Phi) is 5.21. The number of hydrogen-bond acceptors (Lipinski definition) is 5. The predicted octanol–water partition coefficient (Wildman–Crippen LogP) is 5.59. The van der Waals surface area contributed by atoms with Crippen LogP contribution in [0.3, 0.4) is 0 Å². The third-order valence-electron chi connectivity index (χ3n) is 6.23. The van der Waals surface area contributed by atoms with Crippen LogP contribution in [-0.4, -0.2) is 30.9 Å². The number of hydrogen-bond donors (Lipinski definition) is 1. The van der Waals surface area contributed by atoms with Crippen LogP contribution in [0, 0.1) is 6.92 Å². The second kappa shape index (κ2) is 8.23. The van der Waals surface area contributed by atoms with E-state index in [1.807, 2.05) is 92.6 Å². The number of nitrogens with zero attached hydrogens (tertiary/aromatic N) is 2. The first-order valence-electron chi connectivity index (χ1n) is 11.0. The van der Waals surface area contributed by atoms with Gasteiger partial charge in [-0.2, -0.15) is 0 Å². The average Bonchev–Trinajstić information content (AvgIpc) is 3.38. The van der Waals surface area contributed by atoms with E-state index < -0.39 is 23.5 Å². The number of ketones is 1. The Morgan fingerprint density at radius 3 is 2.32 bits per heavy atom. The van der Waals surface area contributed by atoms with E-state index in [4.69, 9.17) is 4.42 Å². The summed E-state index contributed by atoms with van der Waals surface area (Å²) in [7, 11) is 3.87. The lowest BCUT2D eigenvalue weighted by Gasteiger charge is -2.28. The second-order valence-electron chi connectivity index (χ2n) is 8.58. The number of aryl methyl sites for hydroxylation is 1. The van der Waals surface area contributed by atoms with Gasteiger partial charge in [0.1, 0.15) is 5.58 Å². The zero-order valence-electron chi connectivity index (χ0n) is 19.1. The molecule has 170 valence electrons. The minimum absolute atomic E-state index is 0.00930. The number of carbonyl (C=O) groups excluding carboxylic acids is 2. The molecule has 1 atom stereocenters. The van der Waals surface area contributed by atoms with Gasteiger partial charge in [0.2, 0.25) is 5.78 Å². The average molecular weight is 453 g/mol. The summed E-state index contributed by atoms with van der Waals surface area (Å²) in [5.74, 6) is -1.61. The van der Waals surface area contributed by atoms with Gasteiger partial charge in [-0.3, -0.25) is 14.5 Å². The quantitative estimate of drug-likeness (QED) is 0.400. The van der Waals surface area contributed by atoms with Crippen LogP contribution in [0.5, 0.6) is 0 Å². The molecule has 0 radical (unpaired) electrons. The lowest BCUT2D eigenvalue weighted by atomic mass is 9.92. The standard InChI is InChI=1S/C28H24N2O4/c1-17-8-4-6-10-21(17)25-24(26(31)23-16-18-9-5-7-11-22(18)34-23)27(32)28(33)30(25)20-14-12-19(13-15-20)29(2)3/h4-16,25,32H,1-3H3. The molecule has 2 heterocycles. The van der Waals surface area contributed by atoms with Gasteiger partial charge in [0.05, 0.1) is 11.6 Å². The van der Waals surface area contributed by atoms with Crippen molar-refractivity contribution in [2.75, 3.05) is 23.9 Å². The lowest BCUT2D eigenvalue weighted by molar-refractivity contribution is -0.117. The normalized spacial score (nSPS) is 15.9. The molecule has 1 aliphatic heterocycles. The molecule has 1 unspecified atom stereocenters. The van der Waals surface area contributed by atoms with Crippen molar-refractivity contribution >= 4 is 34.0 Å². The molecule has 0 saturated carbocycles. The van der Waals surface area contributed by atoms with Crippen LogP contribution in [0.15, 0.2) is 94.6 Å². The molecular formula is C28H24N2O4. The van der Waals surface area contributed by atoms with Crippen LogP contribution in [0.25, 0.3) is 11.0 Å². The first-order valence-corrected chi connectivity index (χ1v) is 11.0. The van der Waals surface area contributed by atoms with E-state index >= 15 is 0 Å². The maximum absolute atomic E-state index is 13.7. The zero-order chi connectivity index (χ0) is 24.0. The number of carbonyl (C=O) groups is 2. The van der Waals surface area contributed by atoms with Crippen LogP contribution >= 0.6 is 0 Å². The van der Waals surface area contributed by atoms with Gasteiger partial charge in [-0.1, -0.05) is 42.5 Å². The largest absolute Gasteiger partial charge is 0.503 e. The molecule has 1 aliphatic rings. The van der Waals surface area contributed by atoms with E-state index in [0.29, 0.717) is 11.3 Å². The number of Topliss-reactive ketones (excluding diaryl/α,β-unsaturated/α-hetero) is 1. The predicted molar refractivity (Wildman–Crippen MR) is 132 cm³/mol. The number of anilines is 2. The van der Waals surface area contributed by atoms with Gasteiger partial charge in [0.25, 0.3) is 5.91 Å². The molecular weight excluding hydrogens is 428 g/mol. The molecule has 0 saturated heterocycles. The third-order valence-corrected chi connectivity index (χ3v) is 6.23. The molecule has 5 rings (SSSR count). The van der Waals surface area contributed by atoms with Crippen LogP contribution in [0.1, 0.15) is 27.7 Å². The summed E-state index contributed by atoms with van der Waals surface area (Å²) in [6.07, 6.45) is 0. The van der Waals surface area contributed by atoms with Crippen molar-refractivity contribution in [3.05, 3.63) is 107 Å². The van der Waals surface area contributed by atoms with Crippen molar-refractivity contribution in [2.24, 2.45) is 0 Å². The monoisotopic (exact) mass is 452 g/mol. The molecule has 34 heavy (non-hydrogen) atoms. The maximum atomic E-state index is 13.7. The van der Waals surface area contributed by atoms with Gasteiger partial charge in [-0.05, 0) is 54.4 Å². The molecule has 6 heteroatoms. The van der Waals surface area contributed by atoms with E-state index in [-0.39, 0.29) is 11.3 Å². The van der Waals surface area contributed by atoms with Gasteiger partial charge in [-0.25, -0.2) is 0 Å². The Balaban J connectivity index is 1.65. The number of rotatable bonds is 5. The molecule has 1 N–H and O–H groups in total. The van der Waals surface area contributed by atoms with Crippen molar-refractivity contribution in [1.29, 1.82) is 0 Å². The Morgan fingerprint density at radius 2 is 1.65 bits per heavy atom. The molecule has 3 aromatic carbocycles. The number of para-hydroxylation sites is 1. The highest BCUT2D eigenvalue weighted by atomic mass is 16.3. The number of furan rings is 1. The summed E-state index contributed by atoms with van der Waals surface area (Å²) < 4.78 is 5.79. The van der Waals surface area contributed by atoms with Gasteiger partial charge in [0, 0.05) is 30.9 Å². The van der Waals surface area contributed by atoms with E-state index in [1.165, 1.54) is 4.90 Å². The number of aliphatic hydroxyl groups is 1. The summed E-state index contributed by atoms with van der Waals surface area (Å²) in [5.41, 5.74) is 3.80. The van der Waals surface area contributed by atoms with Crippen molar-refractivity contribution < 1.29 is 19.1 Å². The van der Waals surface area contributed by atoms with Crippen molar-refractivity contribution in [3.8, 4) is 0 Å². The van der Waals surface area contributed by atoms with Crippen LogP contribution in [0.2, 0.25) is 0 Å². The first kappa shape index (κ1) is 21.5. The van der Waals surface area contributed by atoms with E-state index in [0.717, 1.165) is 22.2 Å². The fourth-order valence-corrected chi connectivity index (χ4v) is 4.43. The molecule has 0 spiro atoms. The highest BCUT2D eigenvalue weighted by Gasteiger charge is 2.45. The topological polar surface area (TPSA) is 74.0 Å². The Morgan fingerprint density at radius 1 is 0.971 bits per heavy atom. The highest BCUT2D eigenvalue weighted by molar-refractivity contribution is 6.20. The van der Waals surface area contributed by atoms with Crippen molar-refractivity contribution in [1.82, 2.24) is 0 Å². The number of fused-ring (bicyclic) bond motifs is 1. The van der Waals surface area contributed by atoms with Crippen LogP contribution in [0.4, 0.5) is 11.4 Å². The lowest BCUT2D eigenvalue weighted by Crippen LogP contribution is -2.31. The fourth-order valence-electron chi connectivity index (χ4n) is 4.43. The molecule has 1 aromatic heterocycles. The Hall–Kier alpha value is -4.32. The minimum atomic E-state index is -0.792. The molecule has 4 aromatic rings. The smallest absolute Gasteiger partial charge is 0.294 e. The second-order valence-corrected chi connectivity index (χ2v) is 8.58. The van der Waals surface area contributed by atoms with Crippen molar-refractivity contribution in [3.63, 3.8) is 0 Å². The summed E-state index contributed by atoms with van der Waals surface area (Å²) in [6, 6.07) is 23.1. The summed E-state index contributed by atoms with van der Waals surface area (Å²) >= 11 is 0. The van der Waals surface area contributed by atoms with E-state index in [2.05, 4.69) is 0 Å². The van der Waals surface area contributed by atoms with Crippen LogP contribution < -0.4 is 9.80 Å². The van der Waals surface area contributed by atoms with Crippen molar-refractivity contribution in [2.45, 2.75) is 13.0 Å². The maximum Gasteiger partial charge on any atom is 0.294 e. The van der Waals surface area contributed by atoms with Gasteiger partial charge in [0.15, 0.2) is 11.5 Å². The van der Waals surface area contributed by atoms with E-state index in [1.54, 1.807) is 12.1 Å². The molecule has 1 amide bonds. The third kappa shape index (κ3) is 3.44. The minimum Gasteiger partial charge on any atom is -0.503 e. The SMILES string of the molecule is Cc1ccccc1C1C(C(=O)c2cc3ccccc3o2)=C(O)C(=O)N1c1ccc(N(C)C)cc1. The number of aliphatic hydroxyl groups excluding tert-OH is 1.